The second kappa shape index (κ2) is 12.3. The van der Waals surface area contributed by atoms with E-state index in [1.165, 1.54) is 18.2 Å². The lowest BCUT2D eigenvalue weighted by Gasteiger charge is -2.31. The average Bonchev–Trinajstić information content (AvgIpc) is 2.92. The van der Waals surface area contributed by atoms with Crippen molar-refractivity contribution in [1.82, 2.24) is 4.90 Å². The van der Waals surface area contributed by atoms with E-state index in [9.17, 15) is 18.8 Å². The third-order valence-electron chi connectivity index (χ3n) is 6.50. The topological polar surface area (TPSA) is 66.9 Å². The number of anilines is 1. The number of halogens is 1. The van der Waals surface area contributed by atoms with E-state index in [1.807, 2.05) is 42.5 Å². The maximum Gasteiger partial charge on any atom is 0.310 e. The summed E-state index contributed by atoms with van der Waals surface area (Å²) in [6.45, 7) is 3.43. The van der Waals surface area contributed by atoms with Crippen LogP contribution >= 0.6 is 0 Å². The van der Waals surface area contributed by atoms with Crippen LogP contribution in [0.5, 0.6) is 0 Å². The lowest BCUT2D eigenvalue weighted by Crippen LogP contribution is -2.43. The molecule has 1 aliphatic heterocycles. The van der Waals surface area contributed by atoms with E-state index < -0.39 is 5.82 Å². The minimum absolute atomic E-state index is 0.0428. The number of amides is 2. The second-order valence-corrected chi connectivity index (χ2v) is 9.16. The number of esters is 1. The van der Waals surface area contributed by atoms with Crippen LogP contribution in [0.25, 0.3) is 0 Å². The van der Waals surface area contributed by atoms with Crippen molar-refractivity contribution in [3.05, 3.63) is 101 Å². The van der Waals surface area contributed by atoms with Crippen LogP contribution < -0.4 is 4.90 Å². The highest BCUT2D eigenvalue weighted by molar-refractivity contribution is 6.06. The molecule has 7 heteroatoms. The fourth-order valence-corrected chi connectivity index (χ4v) is 4.56. The van der Waals surface area contributed by atoms with Crippen LogP contribution in [0.15, 0.2) is 78.9 Å². The van der Waals surface area contributed by atoms with Crippen LogP contribution in [0.4, 0.5) is 10.1 Å². The van der Waals surface area contributed by atoms with Crippen LogP contribution in [0, 0.1) is 11.7 Å². The zero-order valence-electron chi connectivity index (χ0n) is 20.9. The summed E-state index contributed by atoms with van der Waals surface area (Å²) in [5, 5.41) is 0. The number of benzene rings is 3. The number of carbonyl (C=O) groups is 3. The molecule has 1 atom stereocenters. The number of piperidine rings is 1. The van der Waals surface area contributed by atoms with Crippen molar-refractivity contribution < 1.29 is 23.5 Å². The summed E-state index contributed by atoms with van der Waals surface area (Å²) >= 11 is 0. The maximum absolute atomic E-state index is 13.8. The van der Waals surface area contributed by atoms with Gasteiger partial charge in [0.15, 0.2) is 0 Å². The predicted octanol–water partition coefficient (Wildman–Crippen LogP) is 5.02. The molecule has 3 aromatic carbocycles. The molecule has 0 saturated carbocycles. The first kappa shape index (κ1) is 26.1. The molecule has 1 aliphatic rings. The molecule has 0 N–H and O–H groups in total. The zero-order valence-corrected chi connectivity index (χ0v) is 20.9. The van der Waals surface area contributed by atoms with Gasteiger partial charge in [0.25, 0.3) is 5.91 Å². The van der Waals surface area contributed by atoms with Gasteiger partial charge in [-0.25, -0.2) is 4.39 Å². The normalized spacial score (nSPS) is 15.2. The summed E-state index contributed by atoms with van der Waals surface area (Å²) in [5.41, 5.74) is 2.66. The van der Waals surface area contributed by atoms with Crippen LogP contribution in [-0.4, -0.2) is 42.4 Å². The summed E-state index contributed by atoms with van der Waals surface area (Å²) < 4.78 is 19.0. The molecule has 37 heavy (non-hydrogen) atoms. The molecule has 1 saturated heterocycles. The highest BCUT2D eigenvalue weighted by Gasteiger charge is 2.29. The first-order valence-electron chi connectivity index (χ1n) is 12.6. The Labute approximate surface area is 216 Å². The van der Waals surface area contributed by atoms with Crippen molar-refractivity contribution in [3.8, 4) is 0 Å². The first-order valence-corrected chi connectivity index (χ1v) is 12.6. The monoisotopic (exact) mass is 502 g/mol. The zero-order chi connectivity index (χ0) is 26.2. The van der Waals surface area contributed by atoms with Gasteiger partial charge < -0.3 is 14.5 Å². The third kappa shape index (κ3) is 6.82. The minimum Gasteiger partial charge on any atom is -0.466 e. The molecular weight excluding hydrogens is 471 g/mol. The summed E-state index contributed by atoms with van der Waals surface area (Å²) in [6, 6.07) is 22.5. The molecule has 0 aliphatic carbocycles. The molecular formula is C30H31FN2O4. The minimum atomic E-state index is -0.470. The van der Waals surface area contributed by atoms with E-state index in [0.29, 0.717) is 31.9 Å². The molecule has 0 aromatic heterocycles. The van der Waals surface area contributed by atoms with Gasteiger partial charge >= 0.3 is 5.97 Å². The number of rotatable bonds is 8. The molecule has 1 fully saturated rings. The fraction of sp³-hybridized carbons (Fsp3) is 0.300. The SMILES string of the molecule is CCOC(=O)C1CCCN(C(=O)Cc2ccc(N(Cc3ccccc3)C(=O)c3cccc(F)c3)cc2)C1. The number of ether oxygens (including phenoxy) is 1. The Morgan fingerprint density at radius 3 is 2.43 bits per heavy atom. The Morgan fingerprint density at radius 1 is 0.973 bits per heavy atom. The average molecular weight is 503 g/mol. The van der Waals surface area contributed by atoms with Crippen molar-refractivity contribution in [2.45, 2.75) is 32.7 Å². The van der Waals surface area contributed by atoms with Gasteiger partial charge in [-0.1, -0.05) is 48.5 Å². The molecule has 6 nitrogen and oxygen atoms in total. The predicted molar refractivity (Wildman–Crippen MR) is 139 cm³/mol. The smallest absolute Gasteiger partial charge is 0.310 e. The van der Waals surface area contributed by atoms with Crippen molar-refractivity contribution >= 4 is 23.5 Å². The van der Waals surface area contributed by atoms with Gasteiger partial charge in [-0.15, -0.1) is 0 Å². The van der Waals surface area contributed by atoms with Crippen molar-refractivity contribution in [3.63, 3.8) is 0 Å². The van der Waals surface area contributed by atoms with E-state index in [4.69, 9.17) is 4.74 Å². The number of hydrogen-bond acceptors (Lipinski definition) is 4. The lowest BCUT2D eigenvalue weighted by molar-refractivity contribution is -0.151. The van der Waals surface area contributed by atoms with E-state index in [1.54, 1.807) is 34.9 Å². The number of likely N-dealkylation sites (tertiary alicyclic amines) is 1. The van der Waals surface area contributed by atoms with Crippen molar-refractivity contribution in [1.29, 1.82) is 0 Å². The molecule has 2 amide bonds. The van der Waals surface area contributed by atoms with Crippen LogP contribution in [0.1, 0.15) is 41.3 Å². The Hall–Kier alpha value is -4.00. The van der Waals surface area contributed by atoms with Crippen LogP contribution in [0.3, 0.4) is 0 Å². The number of hydrogen-bond donors (Lipinski definition) is 0. The molecule has 1 heterocycles. The molecule has 0 bridgehead atoms. The van der Waals surface area contributed by atoms with Gasteiger partial charge in [-0.2, -0.15) is 0 Å². The fourth-order valence-electron chi connectivity index (χ4n) is 4.56. The molecule has 0 spiro atoms. The van der Waals surface area contributed by atoms with Crippen LogP contribution in [-0.2, 0) is 27.3 Å². The second-order valence-electron chi connectivity index (χ2n) is 9.16. The summed E-state index contributed by atoms with van der Waals surface area (Å²) in [4.78, 5) is 41.8. The quantitative estimate of drug-likeness (QED) is 0.406. The molecule has 0 radical (unpaired) electrons. The standard InChI is InChI=1S/C30H31FN2O4/c1-2-37-30(36)25-11-7-17-32(21-25)28(34)18-22-13-15-27(16-14-22)33(20-23-8-4-3-5-9-23)29(35)24-10-6-12-26(31)19-24/h3-6,8-10,12-16,19,25H,2,7,11,17-18,20-21H2,1H3. The summed E-state index contributed by atoms with van der Waals surface area (Å²) in [7, 11) is 0. The van der Waals surface area contributed by atoms with Gasteiger partial charge in [0.05, 0.1) is 25.5 Å². The molecule has 3 aromatic rings. The largest absolute Gasteiger partial charge is 0.466 e. The van der Waals surface area contributed by atoms with E-state index in [0.717, 1.165) is 24.0 Å². The number of nitrogens with zero attached hydrogens (tertiary/aromatic N) is 2. The van der Waals surface area contributed by atoms with Gasteiger partial charge in [-0.3, -0.25) is 14.4 Å². The maximum atomic E-state index is 13.8. The van der Waals surface area contributed by atoms with Gasteiger partial charge in [0, 0.05) is 24.3 Å². The highest BCUT2D eigenvalue weighted by atomic mass is 19.1. The van der Waals surface area contributed by atoms with Gasteiger partial charge in [0.1, 0.15) is 5.82 Å². The molecule has 4 rings (SSSR count). The van der Waals surface area contributed by atoms with E-state index >= 15 is 0 Å². The lowest BCUT2D eigenvalue weighted by atomic mass is 9.97. The van der Waals surface area contributed by atoms with Gasteiger partial charge in [-0.05, 0) is 61.2 Å². The Morgan fingerprint density at radius 2 is 1.73 bits per heavy atom. The van der Waals surface area contributed by atoms with Crippen molar-refractivity contribution in [2.24, 2.45) is 5.92 Å². The Kier molecular flexibility index (Phi) is 8.67. The molecule has 1 unspecified atom stereocenters. The van der Waals surface area contributed by atoms with E-state index in [2.05, 4.69) is 0 Å². The summed E-state index contributed by atoms with van der Waals surface area (Å²) in [5.74, 6) is -1.35. The third-order valence-corrected chi connectivity index (χ3v) is 6.50. The first-order chi connectivity index (χ1) is 17.9. The summed E-state index contributed by atoms with van der Waals surface area (Å²) in [6.07, 6.45) is 1.70. The van der Waals surface area contributed by atoms with E-state index in [-0.39, 0.29) is 35.7 Å². The van der Waals surface area contributed by atoms with Crippen molar-refractivity contribution in [2.75, 3.05) is 24.6 Å². The molecule has 192 valence electrons. The van der Waals surface area contributed by atoms with Gasteiger partial charge in [0.2, 0.25) is 5.91 Å². The van der Waals surface area contributed by atoms with Crippen LogP contribution in [0.2, 0.25) is 0 Å². The Balaban J connectivity index is 1.48. The Bertz CT molecular complexity index is 1230. The highest BCUT2D eigenvalue weighted by Crippen LogP contribution is 2.23. The number of carbonyl (C=O) groups excluding carboxylic acids is 3.